The monoisotopic (exact) mass is 433 g/mol. The second-order valence-electron chi connectivity index (χ2n) is 7.52. The molecule has 0 fully saturated rings. The van der Waals surface area contributed by atoms with Crippen LogP contribution in [-0.2, 0) is 16.6 Å². The Morgan fingerprint density at radius 3 is 2.53 bits per heavy atom. The number of nitrogens with zero attached hydrogens (tertiary/aromatic N) is 1. The number of benzene rings is 2. The van der Waals surface area contributed by atoms with Crippen molar-refractivity contribution < 1.29 is 19.2 Å². The number of hydrogen-bond acceptors (Lipinski definition) is 4. The van der Waals surface area contributed by atoms with Gasteiger partial charge in [-0.15, -0.1) is 0 Å². The van der Waals surface area contributed by atoms with Gasteiger partial charge in [0.15, 0.2) is 0 Å². The predicted octanol–water partition coefficient (Wildman–Crippen LogP) is 1.17. The molecule has 2 heterocycles. The Bertz CT molecular complexity index is 1220. The van der Waals surface area contributed by atoms with Crippen LogP contribution >= 0.6 is 0 Å². The van der Waals surface area contributed by atoms with Gasteiger partial charge in [0.2, 0.25) is 11.8 Å². The molecule has 1 atom stereocenters. The quantitative estimate of drug-likeness (QED) is 0.436. The van der Waals surface area contributed by atoms with Crippen molar-refractivity contribution in [2.75, 3.05) is 18.4 Å². The van der Waals surface area contributed by atoms with Gasteiger partial charge in [0.05, 0.1) is 17.7 Å². The van der Waals surface area contributed by atoms with E-state index in [9.17, 15) is 19.2 Å². The van der Waals surface area contributed by atoms with Crippen molar-refractivity contribution in [1.29, 1.82) is 0 Å². The van der Waals surface area contributed by atoms with Gasteiger partial charge in [-0.25, -0.2) is 0 Å². The second kappa shape index (κ2) is 8.93. The average molecular weight is 433 g/mol. The maximum Gasteiger partial charge on any atom is 0.267 e. The number of fused-ring (bicyclic) bond motifs is 2. The molecule has 1 aliphatic heterocycles. The van der Waals surface area contributed by atoms with E-state index in [1.165, 1.54) is 0 Å². The van der Waals surface area contributed by atoms with Crippen LogP contribution < -0.4 is 21.3 Å². The number of carbonyl (C=O) groups is 4. The van der Waals surface area contributed by atoms with Crippen molar-refractivity contribution in [2.45, 2.75) is 12.5 Å². The summed E-state index contributed by atoms with van der Waals surface area (Å²) in [6, 6.07) is 15.2. The van der Waals surface area contributed by atoms with Crippen molar-refractivity contribution in [2.24, 2.45) is 7.05 Å². The average Bonchev–Trinajstić information content (AvgIpc) is 3.07. The Hall–Kier alpha value is -4.14. The molecule has 0 bridgehead atoms. The number of amides is 4. The molecular weight excluding hydrogens is 410 g/mol. The van der Waals surface area contributed by atoms with Crippen LogP contribution in [0, 0.1) is 0 Å². The first-order chi connectivity index (χ1) is 15.4. The van der Waals surface area contributed by atoms with Gasteiger partial charge in [0.25, 0.3) is 11.8 Å². The fourth-order valence-corrected chi connectivity index (χ4v) is 3.69. The summed E-state index contributed by atoms with van der Waals surface area (Å²) in [5, 5.41) is 11.7. The number of carbonyl (C=O) groups excluding carboxylic acids is 4. The van der Waals surface area contributed by atoms with Crippen LogP contribution in [0.5, 0.6) is 0 Å². The van der Waals surface area contributed by atoms with Crippen LogP contribution in [0.3, 0.4) is 0 Å². The Morgan fingerprint density at radius 2 is 1.72 bits per heavy atom. The number of aryl methyl sites for hydroxylation is 1. The fourth-order valence-electron chi connectivity index (χ4n) is 3.69. The van der Waals surface area contributed by atoms with Crippen molar-refractivity contribution in [1.82, 2.24) is 20.5 Å². The van der Waals surface area contributed by atoms with Crippen molar-refractivity contribution in [3.8, 4) is 0 Å². The highest BCUT2D eigenvalue weighted by Crippen LogP contribution is 2.19. The van der Waals surface area contributed by atoms with Gasteiger partial charge in [0.1, 0.15) is 11.7 Å². The van der Waals surface area contributed by atoms with Gasteiger partial charge in [-0.2, -0.15) is 0 Å². The third kappa shape index (κ3) is 4.31. The van der Waals surface area contributed by atoms with Crippen molar-refractivity contribution in [3.05, 3.63) is 65.9 Å². The minimum absolute atomic E-state index is 0.191. The third-order valence-corrected chi connectivity index (χ3v) is 5.36. The summed E-state index contributed by atoms with van der Waals surface area (Å²) in [7, 11) is 1.82. The van der Waals surface area contributed by atoms with E-state index in [1.54, 1.807) is 24.3 Å². The molecule has 9 heteroatoms. The fraction of sp³-hybridized carbons (Fsp3) is 0.217. The molecule has 3 aromatic rings. The van der Waals surface area contributed by atoms with E-state index in [0.29, 0.717) is 16.9 Å². The lowest BCUT2D eigenvalue weighted by atomic mass is 10.1. The summed E-state index contributed by atoms with van der Waals surface area (Å²) in [5.74, 6) is -1.53. The Balaban J connectivity index is 1.26. The number of nitrogens with one attached hydrogen (secondary N) is 4. The molecule has 0 aliphatic carbocycles. The van der Waals surface area contributed by atoms with Crippen LogP contribution in [0.2, 0.25) is 0 Å². The smallest absolute Gasteiger partial charge is 0.267 e. The summed E-state index contributed by atoms with van der Waals surface area (Å²) < 4.78 is 1.81. The summed E-state index contributed by atoms with van der Waals surface area (Å²) in [6.45, 7) is 0.414. The highest BCUT2D eigenvalue weighted by molar-refractivity contribution is 6.10. The number of hydrogen-bond donors (Lipinski definition) is 4. The van der Waals surface area contributed by atoms with E-state index in [4.69, 9.17) is 0 Å². The Labute approximate surface area is 184 Å². The second-order valence-corrected chi connectivity index (χ2v) is 7.52. The Morgan fingerprint density at radius 1 is 1.00 bits per heavy atom. The molecule has 1 aliphatic rings. The van der Waals surface area contributed by atoms with Crippen molar-refractivity contribution >= 4 is 40.2 Å². The molecule has 4 rings (SSSR count). The van der Waals surface area contributed by atoms with Gasteiger partial charge in [-0.3, -0.25) is 19.2 Å². The van der Waals surface area contributed by atoms with E-state index in [0.717, 1.165) is 10.9 Å². The van der Waals surface area contributed by atoms with Crippen LogP contribution in [-0.4, -0.2) is 47.3 Å². The van der Waals surface area contributed by atoms with E-state index in [2.05, 4.69) is 21.3 Å². The lowest BCUT2D eigenvalue weighted by Crippen LogP contribution is -2.45. The van der Waals surface area contributed by atoms with E-state index < -0.39 is 23.8 Å². The van der Waals surface area contributed by atoms with Crippen LogP contribution in [0.4, 0.5) is 5.69 Å². The first kappa shape index (κ1) is 21.1. The molecular formula is C23H23N5O4. The van der Waals surface area contributed by atoms with E-state index in [1.807, 2.05) is 41.9 Å². The largest absolute Gasteiger partial charge is 0.354 e. The number of rotatable bonds is 6. The molecule has 164 valence electrons. The minimum Gasteiger partial charge on any atom is -0.354 e. The molecule has 9 nitrogen and oxygen atoms in total. The topological polar surface area (TPSA) is 121 Å². The zero-order valence-electron chi connectivity index (χ0n) is 17.5. The standard InChI is InChI=1S/C23H23N5O4/c1-28-18-9-5-2-6-14(18)12-19(28)23(32)25-11-10-24-20(29)13-17-22(31)26-16-8-4-3-7-15(16)21(30)27-17/h2-9,12,17H,10-11,13H2,1H3,(H,24,29)(H,25,32)(H,26,31)(H,27,30)/t17-/m0/s1. The van der Waals surface area contributed by atoms with E-state index >= 15 is 0 Å². The van der Waals surface area contributed by atoms with Gasteiger partial charge < -0.3 is 25.8 Å². The Kier molecular flexibility index (Phi) is 5.89. The number of para-hydroxylation sites is 2. The molecule has 4 amide bonds. The van der Waals surface area contributed by atoms with Crippen LogP contribution in [0.25, 0.3) is 10.9 Å². The molecule has 0 spiro atoms. The molecule has 0 unspecified atom stereocenters. The maximum atomic E-state index is 12.5. The highest BCUT2D eigenvalue weighted by Gasteiger charge is 2.29. The lowest BCUT2D eigenvalue weighted by molar-refractivity contribution is -0.125. The lowest BCUT2D eigenvalue weighted by Gasteiger charge is -2.14. The summed E-state index contributed by atoms with van der Waals surface area (Å²) in [6.07, 6.45) is -0.206. The highest BCUT2D eigenvalue weighted by atomic mass is 16.2. The first-order valence-electron chi connectivity index (χ1n) is 10.2. The predicted molar refractivity (Wildman–Crippen MR) is 119 cm³/mol. The zero-order chi connectivity index (χ0) is 22.7. The number of anilines is 1. The van der Waals surface area contributed by atoms with Crippen LogP contribution in [0.1, 0.15) is 27.3 Å². The van der Waals surface area contributed by atoms with Gasteiger partial charge in [-0.1, -0.05) is 30.3 Å². The van der Waals surface area contributed by atoms with Gasteiger partial charge >= 0.3 is 0 Å². The first-order valence-corrected chi connectivity index (χ1v) is 10.2. The van der Waals surface area contributed by atoms with Crippen molar-refractivity contribution in [3.63, 3.8) is 0 Å². The minimum atomic E-state index is -0.986. The molecule has 0 saturated heterocycles. The summed E-state index contributed by atoms with van der Waals surface area (Å²) in [5.41, 5.74) is 2.24. The molecule has 32 heavy (non-hydrogen) atoms. The third-order valence-electron chi connectivity index (χ3n) is 5.36. The zero-order valence-corrected chi connectivity index (χ0v) is 17.5. The molecule has 1 aromatic heterocycles. The summed E-state index contributed by atoms with van der Waals surface area (Å²) >= 11 is 0. The molecule has 0 saturated carbocycles. The molecule has 0 radical (unpaired) electrons. The maximum absolute atomic E-state index is 12.5. The molecule has 4 N–H and O–H groups in total. The van der Waals surface area contributed by atoms with Crippen LogP contribution in [0.15, 0.2) is 54.6 Å². The SMILES string of the molecule is Cn1c(C(=O)NCCNC(=O)C[C@@H]2NC(=O)c3ccccc3NC2=O)cc2ccccc21. The normalized spacial score (nSPS) is 15.3. The van der Waals surface area contributed by atoms with E-state index in [-0.39, 0.29) is 25.4 Å². The van der Waals surface area contributed by atoms with Gasteiger partial charge in [0, 0.05) is 31.0 Å². The van der Waals surface area contributed by atoms with Gasteiger partial charge in [-0.05, 0) is 24.3 Å². The molecule has 2 aromatic carbocycles. The number of aromatic nitrogens is 1. The summed E-state index contributed by atoms with van der Waals surface area (Å²) in [4.78, 5) is 49.4.